The molecular weight excluding hydrogens is 284 g/mol. The van der Waals surface area contributed by atoms with Crippen molar-refractivity contribution in [2.45, 2.75) is 25.8 Å². The summed E-state index contributed by atoms with van der Waals surface area (Å²) in [6.07, 6.45) is 3.26. The summed E-state index contributed by atoms with van der Waals surface area (Å²) in [5.74, 6) is 0.798. The van der Waals surface area contributed by atoms with Crippen molar-refractivity contribution in [1.82, 2.24) is 5.32 Å². The number of nitrogens with two attached hydrogens (primary N) is 1. The lowest BCUT2D eigenvalue weighted by Gasteiger charge is -2.13. The van der Waals surface area contributed by atoms with Gasteiger partial charge < -0.3 is 15.5 Å². The van der Waals surface area contributed by atoms with Gasteiger partial charge in [0.25, 0.3) is 5.91 Å². The number of hydrogen-bond acceptors (Lipinski definition) is 3. The molecule has 0 radical (unpaired) electrons. The van der Waals surface area contributed by atoms with E-state index in [2.05, 4.69) is 5.32 Å². The smallest absolute Gasteiger partial charge is 0.251 e. The lowest BCUT2D eigenvalue weighted by Crippen LogP contribution is -2.33. The fraction of sp³-hybridized carbons (Fsp3) is 0.250. The van der Waals surface area contributed by atoms with Crippen LogP contribution in [0, 0.1) is 0 Å². The second kappa shape index (κ2) is 7.04. The van der Waals surface area contributed by atoms with E-state index in [9.17, 15) is 4.79 Å². The first-order valence-electron chi connectivity index (χ1n) is 6.79. The third-order valence-electron chi connectivity index (χ3n) is 3.19. The maximum absolute atomic E-state index is 12.2. The molecule has 0 fully saturated rings. The number of carbonyl (C=O) groups is 1. The van der Waals surface area contributed by atoms with Crippen LogP contribution in [0.1, 0.15) is 35.0 Å². The Labute approximate surface area is 129 Å². The number of benzene rings is 1. The zero-order valence-electron chi connectivity index (χ0n) is 11.8. The monoisotopic (exact) mass is 302 g/mol. The van der Waals surface area contributed by atoms with E-state index in [1.54, 1.807) is 30.5 Å². The molecule has 0 aliphatic heterocycles. The SMILES string of the molecule is CC(CCc1ccco1)NC(=O)c1cccc(C(N)=S)c1. The molecule has 4 nitrogen and oxygen atoms in total. The predicted octanol–water partition coefficient (Wildman–Crippen LogP) is 2.66. The molecule has 21 heavy (non-hydrogen) atoms. The van der Waals surface area contributed by atoms with Crippen LogP contribution in [0.5, 0.6) is 0 Å². The van der Waals surface area contributed by atoms with Gasteiger partial charge in [0, 0.05) is 23.6 Å². The third-order valence-corrected chi connectivity index (χ3v) is 3.43. The molecule has 0 bridgehead atoms. The molecule has 1 heterocycles. The Morgan fingerprint density at radius 1 is 1.33 bits per heavy atom. The Bertz CT molecular complexity index is 623. The van der Waals surface area contributed by atoms with E-state index in [0.29, 0.717) is 11.1 Å². The third kappa shape index (κ3) is 4.43. The van der Waals surface area contributed by atoms with Crippen molar-refractivity contribution in [2.75, 3.05) is 0 Å². The summed E-state index contributed by atoms with van der Waals surface area (Å²) in [5, 5.41) is 2.96. The standard InChI is InChI=1S/C16H18N2O2S/c1-11(7-8-14-6-3-9-20-14)18-16(19)13-5-2-4-12(10-13)15(17)21/h2-6,9-11H,7-8H2,1H3,(H2,17,21)(H,18,19). The van der Waals surface area contributed by atoms with Crippen molar-refractivity contribution >= 4 is 23.1 Å². The number of furan rings is 1. The zero-order valence-corrected chi connectivity index (χ0v) is 12.7. The molecular formula is C16H18N2O2S. The molecule has 1 aromatic carbocycles. The van der Waals surface area contributed by atoms with Crippen molar-refractivity contribution in [3.63, 3.8) is 0 Å². The van der Waals surface area contributed by atoms with E-state index >= 15 is 0 Å². The largest absolute Gasteiger partial charge is 0.469 e. The van der Waals surface area contributed by atoms with Crippen LogP contribution in [0.3, 0.4) is 0 Å². The number of amides is 1. The van der Waals surface area contributed by atoms with E-state index in [0.717, 1.165) is 18.6 Å². The Balaban J connectivity index is 1.91. The number of aryl methyl sites for hydroxylation is 1. The van der Waals surface area contributed by atoms with Crippen LogP contribution in [-0.2, 0) is 6.42 Å². The van der Waals surface area contributed by atoms with Gasteiger partial charge in [0.05, 0.1) is 6.26 Å². The van der Waals surface area contributed by atoms with Crippen molar-refractivity contribution in [3.8, 4) is 0 Å². The second-order valence-electron chi connectivity index (χ2n) is 4.94. The van der Waals surface area contributed by atoms with Crippen LogP contribution in [-0.4, -0.2) is 16.9 Å². The van der Waals surface area contributed by atoms with Gasteiger partial charge in [0.2, 0.25) is 0 Å². The lowest BCUT2D eigenvalue weighted by atomic mass is 10.1. The van der Waals surface area contributed by atoms with Gasteiger partial charge in [-0.05, 0) is 37.6 Å². The van der Waals surface area contributed by atoms with Crippen molar-refractivity contribution in [1.29, 1.82) is 0 Å². The first kappa shape index (κ1) is 15.3. The molecule has 0 saturated carbocycles. The lowest BCUT2D eigenvalue weighted by molar-refractivity contribution is 0.0938. The van der Waals surface area contributed by atoms with Crippen molar-refractivity contribution in [3.05, 3.63) is 59.5 Å². The Hall–Kier alpha value is -2.14. The van der Waals surface area contributed by atoms with Crippen molar-refractivity contribution < 1.29 is 9.21 Å². The van der Waals surface area contributed by atoms with Crippen LogP contribution >= 0.6 is 12.2 Å². The summed E-state index contributed by atoms with van der Waals surface area (Å²) in [7, 11) is 0. The van der Waals surface area contributed by atoms with Crippen LogP contribution in [0.2, 0.25) is 0 Å². The fourth-order valence-electron chi connectivity index (χ4n) is 2.01. The Morgan fingerprint density at radius 2 is 2.10 bits per heavy atom. The summed E-state index contributed by atoms with van der Waals surface area (Å²) in [6, 6.07) is 10.9. The highest BCUT2D eigenvalue weighted by Gasteiger charge is 2.11. The molecule has 1 unspecified atom stereocenters. The molecule has 1 atom stereocenters. The Kier molecular flexibility index (Phi) is 5.11. The minimum absolute atomic E-state index is 0.0519. The van der Waals surface area contributed by atoms with Crippen molar-refractivity contribution in [2.24, 2.45) is 5.73 Å². The highest BCUT2D eigenvalue weighted by molar-refractivity contribution is 7.80. The molecule has 3 N–H and O–H groups in total. The van der Waals surface area contributed by atoms with Gasteiger partial charge in [-0.1, -0.05) is 24.4 Å². The van der Waals surface area contributed by atoms with Gasteiger partial charge in [-0.3, -0.25) is 4.79 Å². The Morgan fingerprint density at radius 3 is 2.76 bits per heavy atom. The minimum Gasteiger partial charge on any atom is -0.469 e. The summed E-state index contributed by atoms with van der Waals surface area (Å²) in [5.41, 5.74) is 6.83. The molecule has 0 spiro atoms. The first-order valence-corrected chi connectivity index (χ1v) is 7.20. The summed E-state index contributed by atoms with van der Waals surface area (Å²) in [4.78, 5) is 12.5. The summed E-state index contributed by atoms with van der Waals surface area (Å²) >= 11 is 4.92. The van der Waals surface area contributed by atoms with Crippen LogP contribution in [0.25, 0.3) is 0 Å². The molecule has 0 aliphatic carbocycles. The molecule has 0 saturated heterocycles. The topological polar surface area (TPSA) is 68.3 Å². The molecule has 1 amide bonds. The summed E-state index contributed by atoms with van der Waals surface area (Å²) in [6.45, 7) is 1.97. The number of nitrogens with one attached hydrogen (secondary N) is 1. The highest BCUT2D eigenvalue weighted by atomic mass is 32.1. The second-order valence-corrected chi connectivity index (χ2v) is 5.38. The van der Waals surface area contributed by atoms with Crippen LogP contribution < -0.4 is 11.1 Å². The number of rotatable bonds is 6. The maximum atomic E-state index is 12.2. The molecule has 110 valence electrons. The average Bonchev–Trinajstić information content (AvgIpc) is 2.98. The van der Waals surface area contributed by atoms with Gasteiger partial charge in [-0.25, -0.2) is 0 Å². The first-order chi connectivity index (χ1) is 10.1. The van der Waals surface area contributed by atoms with Gasteiger partial charge in [-0.2, -0.15) is 0 Å². The maximum Gasteiger partial charge on any atom is 0.251 e. The predicted molar refractivity (Wildman–Crippen MR) is 86.3 cm³/mol. The average molecular weight is 302 g/mol. The molecule has 1 aromatic heterocycles. The number of carbonyl (C=O) groups excluding carboxylic acids is 1. The number of hydrogen-bond donors (Lipinski definition) is 2. The van der Waals surface area contributed by atoms with E-state index in [-0.39, 0.29) is 16.9 Å². The quantitative estimate of drug-likeness (QED) is 0.805. The van der Waals surface area contributed by atoms with Gasteiger partial charge in [0.1, 0.15) is 10.7 Å². The van der Waals surface area contributed by atoms with Gasteiger partial charge >= 0.3 is 0 Å². The summed E-state index contributed by atoms with van der Waals surface area (Å²) < 4.78 is 5.27. The van der Waals surface area contributed by atoms with E-state index < -0.39 is 0 Å². The van der Waals surface area contributed by atoms with Crippen LogP contribution in [0.4, 0.5) is 0 Å². The number of thiocarbonyl (C=S) groups is 1. The van der Waals surface area contributed by atoms with E-state index in [4.69, 9.17) is 22.4 Å². The molecule has 5 heteroatoms. The zero-order chi connectivity index (χ0) is 15.2. The van der Waals surface area contributed by atoms with E-state index in [1.807, 2.05) is 19.1 Å². The van der Waals surface area contributed by atoms with Gasteiger partial charge in [0.15, 0.2) is 0 Å². The van der Waals surface area contributed by atoms with Gasteiger partial charge in [-0.15, -0.1) is 0 Å². The molecule has 2 aromatic rings. The fourth-order valence-corrected chi connectivity index (χ4v) is 2.13. The normalized spacial score (nSPS) is 11.9. The highest BCUT2D eigenvalue weighted by Crippen LogP contribution is 2.08. The minimum atomic E-state index is -0.125. The molecule has 2 rings (SSSR count). The molecule has 0 aliphatic rings. The van der Waals surface area contributed by atoms with E-state index in [1.165, 1.54) is 0 Å². The van der Waals surface area contributed by atoms with Crippen LogP contribution in [0.15, 0.2) is 47.1 Å².